The highest BCUT2D eigenvalue weighted by molar-refractivity contribution is 8.26. The molecule has 2 amide bonds. The zero-order valence-electron chi connectivity index (χ0n) is 17.0. The average molecular weight is 470 g/mol. The largest absolute Gasteiger partial charge is 0.506 e. The topological polar surface area (TPSA) is 113 Å². The van der Waals surface area contributed by atoms with Crippen LogP contribution < -0.4 is 5.32 Å². The molecule has 0 aromatic heterocycles. The number of hydrogen-bond acceptors (Lipinski definition) is 7. The van der Waals surface area contributed by atoms with Crippen LogP contribution in [0, 0.1) is 10.1 Å². The molecule has 1 aliphatic rings. The van der Waals surface area contributed by atoms with Crippen molar-refractivity contribution in [2.24, 2.45) is 0 Å². The second kappa shape index (κ2) is 10.2. The number of thioether (sulfide) groups is 1. The number of hydrogen-bond donors (Lipinski definition) is 2. The molecule has 10 heteroatoms. The predicted molar refractivity (Wildman–Crippen MR) is 128 cm³/mol. The zero-order valence-corrected chi connectivity index (χ0v) is 18.6. The smallest absolute Gasteiger partial charge is 0.271 e. The number of rotatable bonds is 7. The number of anilines is 1. The minimum atomic E-state index is -0.629. The maximum Gasteiger partial charge on any atom is 0.271 e. The van der Waals surface area contributed by atoms with Crippen LogP contribution in [0.5, 0.6) is 5.75 Å². The molecule has 0 atom stereocenters. The van der Waals surface area contributed by atoms with Gasteiger partial charge in [-0.15, -0.1) is 0 Å². The second-order valence-electron chi connectivity index (χ2n) is 6.89. The highest BCUT2D eigenvalue weighted by Gasteiger charge is 2.32. The maximum atomic E-state index is 12.7. The van der Waals surface area contributed by atoms with Crippen LogP contribution in [0.15, 0.2) is 65.1 Å². The van der Waals surface area contributed by atoms with Crippen LogP contribution in [0.25, 0.3) is 6.08 Å². The third kappa shape index (κ3) is 5.80. The molecule has 1 fully saturated rings. The average Bonchev–Trinajstić information content (AvgIpc) is 3.01. The summed E-state index contributed by atoms with van der Waals surface area (Å²) in [5.41, 5.74) is 1.56. The molecule has 0 bridgehead atoms. The quantitative estimate of drug-likeness (QED) is 0.202. The van der Waals surface area contributed by atoms with E-state index in [4.69, 9.17) is 12.2 Å². The maximum absolute atomic E-state index is 12.7. The molecule has 3 rings (SSSR count). The van der Waals surface area contributed by atoms with Gasteiger partial charge in [0.2, 0.25) is 5.91 Å². The number of allylic oxidation sites excluding steroid dienone is 2. The van der Waals surface area contributed by atoms with E-state index >= 15 is 0 Å². The number of non-ortho nitro benzene ring substituents is 1. The lowest BCUT2D eigenvalue weighted by atomic mass is 10.1. The van der Waals surface area contributed by atoms with E-state index < -0.39 is 10.8 Å². The lowest BCUT2D eigenvalue weighted by Crippen LogP contribution is -2.31. The Morgan fingerprint density at radius 2 is 2.00 bits per heavy atom. The van der Waals surface area contributed by atoms with Gasteiger partial charge in [0.15, 0.2) is 0 Å². The number of aromatic hydroxyl groups is 1. The summed E-state index contributed by atoms with van der Waals surface area (Å²) in [5, 5.41) is 23.1. The number of nitrogens with one attached hydrogen (secondary N) is 1. The molecule has 0 spiro atoms. The predicted octanol–water partition coefficient (Wildman–Crippen LogP) is 4.48. The second-order valence-corrected chi connectivity index (χ2v) is 8.56. The molecule has 1 heterocycles. The molecule has 32 heavy (non-hydrogen) atoms. The summed E-state index contributed by atoms with van der Waals surface area (Å²) < 4.78 is 0.347. The summed E-state index contributed by atoms with van der Waals surface area (Å²) in [4.78, 5) is 37.1. The number of phenols is 1. The molecule has 0 aliphatic carbocycles. The van der Waals surface area contributed by atoms with Crippen molar-refractivity contribution in [2.75, 3.05) is 11.9 Å². The minimum Gasteiger partial charge on any atom is -0.506 e. The fourth-order valence-electron chi connectivity index (χ4n) is 2.92. The molecule has 2 aromatic carbocycles. The summed E-state index contributed by atoms with van der Waals surface area (Å²) in [5.74, 6) is -1.09. The molecule has 164 valence electrons. The van der Waals surface area contributed by atoms with Gasteiger partial charge in [0.1, 0.15) is 10.1 Å². The Bertz CT molecular complexity index is 1150. The van der Waals surface area contributed by atoms with Crippen molar-refractivity contribution >= 4 is 57.6 Å². The number of carbonyl (C=O) groups excluding carboxylic acids is 2. The molecular formula is C22H19N3O5S2. The van der Waals surface area contributed by atoms with E-state index in [0.29, 0.717) is 9.23 Å². The standard InChI is InChI=1S/C22H19N3O5S2/c1-14(11-15-5-3-2-4-6-15)12-19-21(28)24(22(31)32-19)10-9-20(27)23-17-13-16(25(29)30)7-8-18(17)26/h2-8,11-13,26H,9-10H2,1H3,(H,23,27)/b14-11?,19-12-. The van der Waals surface area contributed by atoms with E-state index in [1.165, 1.54) is 16.7 Å². The van der Waals surface area contributed by atoms with Crippen molar-refractivity contribution in [1.29, 1.82) is 0 Å². The molecule has 8 nitrogen and oxygen atoms in total. The fraction of sp³-hybridized carbons (Fsp3) is 0.136. The highest BCUT2D eigenvalue weighted by Crippen LogP contribution is 2.32. The number of benzene rings is 2. The third-order valence-corrected chi connectivity index (χ3v) is 5.83. The SMILES string of the molecule is CC(=Cc1ccccc1)/C=C1\SC(=S)N(CCC(=O)Nc2cc([N+](=O)[O-])ccc2O)C1=O. The Balaban J connectivity index is 1.62. The van der Waals surface area contributed by atoms with Gasteiger partial charge in [-0.25, -0.2) is 0 Å². The van der Waals surface area contributed by atoms with Crippen LogP contribution in [-0.4, -0.2) is 37.6 Å². The van der Waals surface area contributed by atoms with E-state index in [-0.39, 0.29) is 36.0 Å². The van der Waals surface area contributed by atoms with Gasteiger partial charge in [0, 0.05) is 25.1 Å². The van der Waals surface area contributed by atoms with Crippen molar-refractivity contribution in [2.45, 2.75) is 13.3 Å². The van der Waals surface area contributed by atoms with Gasteiger partial charge in [-0.1, -0.05) is 60.4 Å². The zero-order chi connectivity index (χ0) is 23.3. The Hall–Kier alpha value is -3.50. The van der Waals surface area contributed by atoms with Gasteiger partial charge in [-0.3, -0.25) is 24.6 Å². The van der Waals surface area contributed by atoms with Crippen molar-refractivity contribution < 1.29 is 19.6 Å². The monoisotopic (exact) mass is 469 g/mol. The summed E-state index contributed by atoms with van der Waals surface area (Å²) >= 11 is 6.45. The molecule has 0 saturated carbocycles. The van der Waals surface area contributed by atoms with Gasteiger partial charge in [-0.05, 0) is 30.2 Å². The van der Waals surface area contributed by atoms with Crippen molar-refractivity contribution in [3.8, 4) is 5.75 Å². The highest BCUT2D eigenvalue weighted by atomic mass is 32.2. The minimum absolute atomic E-state index is 0.0466. The molecule has 0 radical (unpaired) electrons. The Kier molecular flexibility index (Phi) is 7.39. The number of nitrogens with zero attached hydrogens (tertiary/aromatic N) is 2. The third-order valence-electron chi connectivity index (χ3n) is 4.45. The fourth-order valence-corrected chi connectivity index (χ4v) is 4.28. The Morgan fingerprint density at radius 1 is 1.28 bits per heavy atom. The lowest BCUT2D eigenvalue weighted by molar-refractivity contribution is -0.384. The summed E-state index contributed by atoms with van der Waals surface area (Å²) in [6.07, 6.45) is 3.61. The number of thiocarbonyl (C=S) groups is 1. The van der Waals surface area contributed by atoms with Crippen molar-refractivity contribution in [1.82, 2.24) is 4.90 Å². The van der Waals surface area contributed by atoms with E-state index in [2.05, 4.69) is 5.32 Å². The first-order valence-electron chi connectivity index (χ1n) is 9.50. The van der Waals surface area contributed by atoms with Crippen LogP contribution in [0.3, 0.4) is 0 Å². The van der Waals surface area contributed by atoms with Gasteiger partial charge >= 0.3 is 0 Å². The van der Waals surface area contributed by atoms with Crippen LogP contribution in [0.1, 0.15) is 18.9 Å². The number of nitro benzene ring substituents is 1. The van der Waals surface area contributed by atoms with Gasteiger partial charge in [0.05, 0.1) is 15.5 Å². The first-order chi connectivity index (χ1) is 15.2. The lowest BCUT2D eigenvalue weighted by Gasteiger charge is -2.14. The number of amides is 2. The van der Waals surface area contributed by atoms with Crippen molar-refractivity contribution in [3.05, 3.63) is 80.8 Å². The van der Waals surface area contributed by atoms with E-state index in [1.54, 1.807) is 6.08 Å². The van der Waals surface area contributed by atoms with Crippen LogP contribution in [0.2, 0.25) is 0 Å². The van der Waals surface area contributed by atoms with Crippen LogP contribution in [-0.2, 0) is 9.59 Å². The Morgan fingerprint density at radius 3 is 2.69 bits per heavy atom. The Labute approximate surface area is 193 Å². The summed E-state index contributed by atoms with van der Waals surface area (Å²) in [6.45, 7) is 1.93. The van der Waals surface area contributed by atoms with E-state index in [1.807, 2.05) is 43.3 Å². The molecular weight excluding hydrogens is 450 g/mol. The molecule has 1 saturated heterocycles. The first-order valence-corrected chi connectivity index (χ1v) is 10.7. The molecule has 1 aliphatic heterocycles. The molecule has 0 unspecified atom stereocenters. The number of carbonyl (C=O) groups is 2. The number of phenolic OH excluding ortho intramolecular Hbond substituents is 1. The molecule has 2 aromatic rings. The summed E-state index contributed by atoms with van der Waals surface area (Å²) in [7, 11) is 0. The first kappa shape index (κ1) is 23.2. The van der Waals surface area contributed by atoms with Gasteiger partial charge in [-0.2, -0.15) is 0 Å². The van der Waals surface area contributed by atoms with Crippen LogP contribution in [0.4, 0.5) is 11.4 Å². The van der Waals surface area contributed by atoms with Crippen LogP contribution >= 0.6 is 24.0 Å². The van der Waals surface area contributed by atoms with Gasteiger partial charge in [0.25, 0.3) is 11.6 Å². The summed E-state index contributed by atoms with van der Waals surface area (Å²) in [6, 6.07) is 13.0. The van der Waals surface area contributed by atoms with E-state index in [9.17, 15) is 24.8 Å². The van der Waals surface area contributed by atoms with Crippen molar-refractivity contribution in [3.63, 3.8) is 0 Å². The molecule has 2 N–H and O–H groups in total. The normalized spacial score (nSPS) is 15.3. The number of nitro groups is 1. The van der Waals surface area contributed by atoms with E-state index in [0.717, 1.165) is 29.3 Å². The van der Waals surface area contributed by atoms with Gasteiger partial charge < -0.3 is 10.4 Å².